The van der Waals surface area contributed by atoms with Gasteiger partial charge in [-0.25, -0.2) is 8.78 Å². The average molecular weight is 196 g/mol. The van der Waals surface area contributed by atoms with Crippen LogP contribution in [0.15, 0.2) is 0 Å². The molecular weight excluding hydrogens is 182 g/mol. The minimum absolute atomic E-state index is 0.332. The van der Waals surface area contributed by atoms with Crippen molar-refractivity contribution in [2.75, 3.05) is 6.54 Å². The van der Waals surface area contributed by atoms with Crippen molar-refractivity contribution in [3.63, 3.8) is 0 Å². The largest absolute Gasteiger partial charge is 0.385 e. The first-order valence-electron chi connectivity index (χ1n) is 4.08. The lowest BCUT2D eigenvalue weighted by molar-refractivity contribution is -0.250. The van der Waals surface area contributed by atoms with Gasteiger partial charge in [-0.2, -0.15) is 0 Å². The molecule has 1 saturated heterocycles. The van der Waals surface area contributed by atoms with Gasteiger partial charge in [-0.05, 0) is 6.92 Å². The number of aliphatic hydroxyl groups excluding tert-OH is 1. The highest BCUT2D eigenvalue weighted by Crippen LogP contribution is 2.33. The molecule has 0 aromatic carbocycles. The molecule has 13 heavy (non-hydrogen) atoms. The summed E-state index contributed by atoms with van der Waals surface area (Å²) in [6.07, 6.45) is -3.94. The van der Waals surface area contributed by atoms with E-state index in [0.29, 0.717) is 0 Å². The van der Waals surface area contributed by atoms with Crippen LogP contribution >= 0.6 is 0 Å². The molecule has 4 atom stereocenters. The van der Waals surface area contributed by atoms with Gasteiger partial charge in [-0.1, -0.05) is 0 Å². The van der Waals surface area contributed by atoms with E-state index in [1.54, 1.807) is 0 Å². The second-order valence-corrected chi connectivity index (χ2v) is 3.26. The van der Waals surface area contributed by atoms with Crippen LogP contribution in [-0.2, 0) is 4.74 Å². The summed E-state index contributed by atoms with van der Waals surface area (Å²) in [5, 5.41) is 9.17. The predicted octanol–water partition coefficient (Wildman–Crippen LogP) is -0.944. The molecule has 4 nitrogen and oxygen atoms in total. The summed E-state index contributed by atoms with van der Waals surface area (Å²) < 4.78 is 31.2. The maximum atomic E-state index is 13.2. The molecule has 1 heterocycles. The van der Waals surface area contributed by atoms with Crippen LogP contribution in [0.25, 0.3) is 0 Å². The van der Waals surface area contributed by atoms with Crippen LogP contribution in [0.1, 0.15) is 6.92 Å². The summed E-state index contributed by atoms with van der Waals surface area (Å²) in [4.78, 5) is 0. The summed E-state index contributed by atoms with van der Waals surface area (Å²) in [6, 6.07) is -1.07. The Morgan fingerprint density at radius 3 is 2.54 bits per heavy atom. The van der Waals surface area contributed by atoms with Crippen LogP contribution in [0.5, 0.6) is 0 Å². The molecule has 1 aliphatic rings. The third-order valence-corrected chi connectivity index (χ3v) is 2.32. The zero-order valence-electron chi connectivity index (χ0n) is 7.28. The maximum absolute atomic E-state index is 13.2. The Bertz CT molecular complexity index is 187. The third kappa shape index (κ3) is 1.67. The molecule has 5 N–H and O–H groups in total. The SMILES string of the molecule is C[C@H]1O[C@H](CN)C(F)(F)[C@H](O)[C@H]1N. The van der Waals surface area contributed by atoms with Crippen molar-refractivity contribution in [2.45, 2.75) is 37.2 Å². The Morgan fingerprint density at radius 2 is 2.08 bits per heavy atom. The molecule has 1 fully saturated rings. The molecule has 78 valence electrons. The molecule has 0 aromatic rings. The molecule has 1 aliphatic heterocycles. The molecule has 0 unspecified atom stereocenters. The number of nitrogens with two attached hydrogens (primary N) is 2. The van der Waals surface area contributed by atoms with E-state index in [-0.39, 0.29) is 6.54 Å². The lowest BCUT2D eigenvalue weighted by Crippen LogP contribution is -2.65. The van der Waals surface area contributed by atoms with Crippen LogP contribution in [0.3, 0.4) is 0 Å². The van der Waals surface area contributed by atoms with Gasteiger partial charge >= 0.3 is 5.92 Å². The van der Waals surface area contributed by atoms with Gasteiger partial charge in [0.1, 0.15) is 12.2 Å². The van der Waals surface area contributed by atoms with E-state index in [9.17, 15) is 8.78 Å². The first-order valence-corrected chi connectivity index (χ1v) is 4.08. The van der Waals surface area contributed by atoms with E-state index >= 15 is 0 Å². The van der Waals surface area contributed by atoms with Crippen molar-refractivity contribution in [3.05, 3.63) is 0 Å². The summed E-state index contributed by atoms with van der Waals surface area (Å²) in [5.41, 5.74) is 10.4. The molecule has 6 heteroatoms. The molecule has 0 radical (unpaired) electrons. The van der Waals surface area contributed by atoms with Crippen molar-refractivity contribution in [3.8, 4) is 0 Å². The molecule has 0 spiro atoms. The fraction of sp³-hybridized carbons (Fsp3) is 1.00. The summed E-state index contributed by atoms with van der Waals surface area (Å²) in [5.74, 6) is -3.36. The smallest absolute Gasteiger partial charge is 0.301 e. The first-order chi connectivity index (χ1) is 5.91. The number of aliphatic hydroxyl groups is 1. The molecule has 0 aliphatic carbocycles. The summed E-state index contributed by atoms with van der Waals surface area (Å²) in [7, 11) is 0. The number of alkyl halides is 2. The molecule has 0 aromatic heterocycles. The molecule has 0 amide bonds. The maximum Gasteiger partial charge on any atom is 0.301 e. The normalized spacial score (nSPS) is 44.8. The van der Waals surface area contributed by atoms with Crippen LogP contribution < -0.4 is 11.5 Å². The molecule has 0 saturated carbocycles. The number of hydrogen-bond acceptors (Lipinski definition) is 4. The monoisotopic (exact) mass is 196 g/mol. The van der Waals surface area contributed by atoms with Gasteiger partial charge < -0.3 is 21.3 Å². The topological polar surface area (TPSA) is 81.5 Å². The first kappa shape index (κ1) is 10.8. The van der Waals surface area contributed by atoms with Crippen LogP contribution in [0.4, 0.5) is 8.78 Å². The van der Waals surface area contributed by atoms with Gasteiger partial charge in [0, 0.05) is 6.54 Å². The van der Waals surface area contributed by atoms with Gasteiger partial charge in [0.05, 0.1) is 12.1 Å². The minimum atomic E-state index is -3.36. The minimum Gasteiger partial charge on any atom is -0.385 e. The standard InChI is InChI=1S/C7H14F2N2O2/c1-3-5(11)6(12)7(8,9)4(2-10)13-3/h3-6,12H,2,10-11H2,1H3/t3-,4-,5+,6-/m1/s1. The van der Waals surface area contributed by atoms with Crippen molar-refractivity contribution in [1.82, 2.24) is 0 Å². The fourth-order valence-electron chi connectivity index (χ4n) is 1.36. The Balaban J connectivity index is 2.82. The highest BCUT2D eigenvalue weighted by atomic mass is 19.3. The van der Waals surface area contributed by atoms with E-state index < -0.39 is 30.3 Å². The Morgan fingerprint density at radius 1 is 1.54 bits per heavy atom. The van der Waals surface area contributed by atoms with Gasteiger partial charge in [-0.3, -0.25) is 0 Å². The van der Waals surface area contributed by atoms with Crippen molar-refractivity contribution in [2.24, 2.45) is 11.5 Å². The van der Waals surface area contributed by atoms with Gasteiger partial charge in [-0.15, -0.1) is 0 Å². The third-order valence-electron chi connectivity index (χ3n) is 2.32. The van der Waals surface area contributed by atoms with E-state index in [1.165, 1.54) is 6.92 Å². The second-order valence-electron chi connectivity index (χ2n) is 3.26. The van der Waals surface area contributed by atoms with Crippen molar-refractivity contribution in [1.29, 1.82) is 0 Å². The van der Waals surface area contributed by atoms with Crippen LogP contribution in [0, 0.1) is 0 Å². The average Bonchev–Trinajstić information content (AvgIpc) is 2.08. The second kappa shape index (κ2) is 3.45. The zero-order valence-corrected chi connectivity index (χ0v) is 7.28. The number of halogens is 2. The van der Waals surface area contributed by atoms with E-state index in [2.05, 4.69) is 0 Å². The van der Waals surface area contributed by atoms with Gasteiger partial charge in [0.2, 0.25) is 0 Å². The molecular formula is C7H14F2N2O2. The lowest BCUT2D eigenvalue weighted by Gasteiger charge is -2.41. The van der Waals surface area contributed by atoms with Crippen LogP contribution in [-0.4, -0.2) is 41.9 Å². The van der Waals surface area contributed by atoms with Gasteiger partial charge in [0.25, 0.3) is 0 Å². The Hall–Kier alpha value is -0.300. The van der Waals surface area contributed by atoms with Crippen molar-refractivity contribution >= 4 is 0 Å². The molecule has 0 bridgehead atoms. The lowest BCUT2D eigenvalue weighted by atomic mass is 9.93. The number of hydrogen-bond donors (Lipinski definition) is 3. The molecule has 1 rings (SSSR count). The highest BCUT2D eigenvalue weighted by molar-refractivity contribution is 4.98. The Labute approximate surface area is 74.8 Å². The van der Waals surface area contributed by atoms with E-state index in [0.717, 1.165) is 0 Å². The van der Waals surface area contributed by atoms with Crippen LogP contribution in [0.2, 0.25) is 0 Å². The highest BCUT2D eigenvalue weighted by Gasteiger charge is 2.54. The van der Waals surface area contributed by atoms with E-state index in [1.807, 2.05) is 0 Å². The number of rotatable bonds is 1. The summed E-state index contributed by atoms with van der Waals surface area (Å²) >= 11 is 0. The van der Waals surface area contributed by atoms with E-state index in [4.69, 9.17) is 21.3 Å². The van der Waals surface area contributed by atoms with Gasteiger partial charge in [0.15, 0.2) is 0 Å². The predicted molar refractivity (Wildman–Crippen MR) is 42.3 cm³/mol. The fourth-order valence-corrected chi connectivity index (χ4v) is 1.36. The zero-order chi connectivity index (χ0) is 10.2. The summed E-state index contributed by atoms with van der Waals surface area (Å²) in [6.45, 7) is 1.20. The quantitative estimate of drug-likeness (QED) is 0.505. The van der Waals surface area contributed by atoms with Crippen molar-refractivity contribution < 1.29 is 18.6 Å². The Kier molecular flexibility index (Phi) is 2.86. The number of ether oxygens (including phenoxy) is 1.